The first kappa shape index (κ1) is 33.9. The minimum absolute atomic E-state index is 0.0481. The Morgan fingerprint density at radius 3 is 2.09 bits per heavy atom. The first-order valence-corrected chi connectivity index (χ1v) is 14.4. The van der Waals surface area contributed by atoms with E-state index in [4.69, 9.17) is 9.47 Å². The van der Waals surface area contributed by atoms with Crippen molar-refractivity contribution < 1.29 is 34.1 Å². The monoisotopic (exact) mass is 606 g/mol. The lowest BCUT2D eigenvalue weighted by Crippen LogP contribution is -2.56. The quantitative estimate of drug-likeness (QED) is 0.194. The number of pyridine rings is 1. The molecule has 2 aromatic carbocycles. The first-order valence-electron chi connectivity index (χ1n) is 14.4. The molecule has 0 unspecified atom stereocenters. The number of aliphatic hydroxyl groups is 1. The Bertz CT molecular complexity index is 1380. The van der Waals surface area contributed by atoms with Crippen LogP contribution in [0.25, 0.3) is 11.3 Å². The van der Waals surface area contributed by atoms with Gasteiger partial charge in [0.15, 0.2) is 0 Å². The van der Waals surface area contributed by atoms with Gasteiger partial charge in [-0.25, -0.2) is 14.6 Å². The number of hydrogen-bond acceptors (Lipinski definition) is 7. The second-order valence-electron chi connectivity index (χ2n) is 11.7. The van der Waals surface area contributed by atoms with E-state index < -0.39 is 47.7 Å². The van der Waals surface area contributed by atoms with Crippen molar-refractivity contribution in [1.29, 1.82) is 0 Å². The number of aliphatic hydroxyl groups excluding tert-OH is 1. The fourth-order valence-electron chi connectivity index (χ4n) is 4.88. The van der Waals surface area contributed by atoms with Crippen LogP contribution in [0.4, 0.5) is 9.59 Å². The Morgan fingerprint density at radius 2 is 1.50 bits per heavy atom. The molecule has 0 aliphatic carbocycles. The van der Waals surface area contributed by atoms with Crippen LogP contribution in [0.3, 0.4) is 0 Å². The van der Waals surface area contributed by atoms with E-state index in [9.17, 15) is 24.6 Å². The lowest BCUT2D eigenvalue weighted by atomic mass is 9.85. The third kappa shape index (κ3) is 10.3. The molecule has 3 amide bonds. The van der Waals surface area contributed by atoms with Crippen molar-refractivity contribution in [2.75, 3.05) is 14.2 Å². The second kappa shape index (κ2) is 15.7. The van der Waals surface area contributed by atoms with Crippen molar-refractivity contribution in [3.8, 4) is 17.1 Å². The van der Waals surface area contributed by atoms with E-state index in [1.54, 1.807) is 13.2 Å². The molecule has 5 N–H and O–H groups in total. The largest absolute Gasteiger partial charge is 0.481 e. The Balaban J connectivity index is 1.81. The zero-order valence-electron chi connectivity index (χ0n) is 25.7. The SMILES string of the molecule is COC(=O)N[C@H](C(=O)N[C@@H](Cc1ccccc1)C[C@H](O)[C@H](Cc1ccc(-c2cccc(OC)n2)cc1)NC(=O)O)C(C)(C)C. The van der Waals surface area contributed by atoms with Gasteiger partial charge in [-0.05, 0) is 41.9 Å². The molecular formula is C33H42N4O7. The molecule has 3 aromatic rings. The molecule has 4 atom stereocenters. The van der Waals surface area contributed by atoms with Gasteiger partial charge in [-0.3, -0.25) is 4.79 Å². The average Bonchev–Trinajstić information content (AvgIpc) is 2.99. The van der Waals surface area contributed by atoms with Crippen LogP contribution in [-0.4, -0.2) is 71.7 Å². The Kier molecular flexibility index (Phi) is 12.1. The summed E-state index contributed by atoms with van der Waals surface area (Å²) in [6, 6.07) is 20.0. The molecule has 1 aromatic heterocycles. The number of nitrogens with zero attached hydrogens (tertiary/aromatic N) is 1. The molecular weight excluding hydrogens is 564 g/mol. The highest BCUT2D eigenvalue weighted by Gasteiger charge is 2.35. The molecule has 236 valence electrons. The van der Waals surface area contributed by atoms with Crippen molar-refractivity contribution in [2.45, 2.75) is 64.3 Å². The third-order valence-electron chi connectivity index (χ3n) is 7.18. The number of ether oxygens (including phenoxy) is 2. The van der Waals surface area contributed by atoms with Gasteiger partial charge in [0.25, 0.3) is 0 Å². The number of aromatic nitrogens is 1. The van der Waals surface area contributed by atoms with Gasteiger partial charge in [0.1, 0.15) is 6.04 Å². The van der Waals surface area contributed by atoms with Crippen LogP contribution in [-0.2, 0) is 22.4 Å². The summed E-state index contributed by atoms with van der Waals surface area (Å²) < 4.78 is 9.92. The van der Waals surface area contributed by atoms with Crippen LogP contribution in [0.5, 0.6) is 5.88 Å². The van der Waals surface area contributed by atoms with E-state index in [0.717, 1.165) is 22.4 Å². The maximum Gasteiger partial charge on any atom is 0.407 e. The van der Waals surface area contributed by atoms with Crippen LogP contribution in [0.2, 0.25) is 0 Å². The Labute approximate surface area is 258 Å². The summed E-state index contributed by atoms with van der Waals surface area (Å²) in [4.78, 5) is 41.6. The van der Waals surface area contributed by atoms with Crippen molar-refractivity contribution in [2.24, 2.45) is 5.41 Å². The van der Waals surface area contributed by atoms with Gasteiger partial charge in [0.05, 0.1) is 32.1 Å². The third-order valence-corrected chi connectivity index (χ3v) is 7.18. The van der Waals surface area contributed by atoms with Crippen molar-refractivity contribution in [3.05, 3.63) is 83.9 Å². The molecule has 0 aliphatic heterocycles. The summed E-state index contributed by atoms with van der Waals surface area (Å²) >= 11 is 0. The van der Waals surface area contributed by atoms with E-state index >= 15 is 0 Å². The van der Waals surface area contributed by atoms with Crippen molar-refractivity contribution >= 4 is 18.1 Å². The van der Waals surface area contributed by atoms with Gasteiger partial charge < -0.3 is 35.6 Å². The fraction of sp³-hybridized carbons (Fsp3) is 0.394. The van der Waals surface area contributed by atoms with Crippen LogP contribution >= 0.6 is 0 Å². The van der Waals surface area contributed by atoms with Crippen LogP contribution in [0.1, 0.15) is 38.3 Å². The summed E-state index contributed by atoms with van der Waals surface area (Å²) in [5.41, 5.74) is 2.66. The summed E-state index contributed by atoms with van der Waals surface area (Å²) in [7, 11) is 2.77. The molecule has 0 spiro atoms. The standard InChI is InChI=1S/C33H42N4O7/c1-33(2,3)29(37-32(42)44-5)30(39)34-24(18-21-10-7-6-8-11-21)20-27(38)26(36-31(40)41)19-22-14-16-23(17-15-22)25-12-9-13-28(35-25)43-4/h6-17,24,26-27,29,36,38H,18-20H2,1-5H3,(H,34,39)(H,37,42)(H,40,41)/t24-,26-,27-,29+/m0/s1. The van der Waals surface area contributed by atoms with Crippen LogP contribution in [0.15, 0.2) is 72.8 Å². The maximum atomic E-state index is 13.5. The smallest absolute Gasteiger partial charge is 0.407 e. The number of carbonyl (C=O) groups is 3. The van der Waals surface area contributed by atoms with Crippen molar-refractivity contribution in [3.63, 3.8) is 0 Å². The number of nitrogens with one attached hydrogen (secondary N) is 3. The normalized spacial score (nSPS) is 14.0. The molecule has 0 aliphatic rings. The fourth-order valence-corrected chi connectivity index (χ4v) is 4.88. The molecule has 11 heteroatoms. The Hall–Kier alpha value is -4.64. The zero-order valence-corrected chi connectivity index (χ0v) is 25.7. The van der Waals surface area contributed by atoms with Gasteiger partial charge in [0.2, 0.25) is 11.8 Å². The highest BCUT2D eigenvalue weighted by Crippen LogP contribution is 2.23. The van der Waals surface area contributed by atoms with Crippen LogP contribution < -0.4 is 20.7 Å². The summed E-state index contributed by atoms with van der Waals surface area (Å²) in [6.45, 7) is 5.45. The van der Waals surface area contributed by atoms with Gasteiger partial charge in [-0.1, -0.05) is 81.4 Å². The first-order chi connectivity index (χ1) is 20.9. The average molecular weight is 607 g/mol. The van der Waals surface area contributed by atoms with Gasteiger partial charge in [-0.2, -0.15) is 0 Å². The van der Waals surface area contributed by atoms with Gasteiger partial charge >= 0.3 is 12.2 Å². The number of benzene rings is 2. The minimum Gasteiger partial charge on any atom is -0.481 e. The second-order valence-corrected chi connectivity index (χ2v) is 11.7. The number of methoxy groups -OCH3 is 2. The van der Waals surface area contributed by atoms with Crippen LogP contribution in [0, 0.1) is 5.41 Å². The minimum atomic E-state index is -1.27. The highest BCUT2D eigenvalue weighted by molar-refractivity contribution is 5.86. The summed E-state index contributed by atoms with van der Waals surface area (Å²) in [6.07, 6.45) is -2.53. The highest BCUT2D eigenvalue weighted by atomic mass is 16.5. The molecule has 11 nitrogen and oxygen atoms in total. The Morgan fingerprint density at radius 1 is 0.841 bits per heavy atom. The number of carboxylic acid groups (broad SMARTS) is 1. The molecule has 0 fully saturated rings. The van der Waals surface area contributed by atoms with E-state index in [1.165, 1.54) is 7.11 Å². The molecule has 0 saturated heterocycles. The number of amides is 3. The van der Waals surface area contributed by atoms with E-state index in [0.29, 0.717) is 12.3 Å². The number of carbonyl (C=O) groups excluding carboxylic acids is 2. The maximum absolute atomic E-state index is 13.5. The number of hydrogen-bond donors (Lipinski definition) is 5. The molecule has 1 heterocycles. The van der Waals surface area contributed by atoms with Gasteiger partial charge in [-0.15, -0.1) is 0 Å². The molecule has 0 radical (unpaired) electrons. The van der Waals surface area contributed by atoms with Crippen molar-refractivity contribution in [1.82, 2.24) is 20.9 Å². The zero-order chi connectivity index (χ0) is 32.3. The number of alkyl carbamates (subject to hydrolysis) is 1. The molecule has 44 heavy (non-hydrogen) atoms. The predicted octanol–water partition coefficient (Wildman–Crippen LogP) is 4.19. The number of rotatable bonds is 13. The van der Waals surface area contributed by atoms with E-state index in [-0.39, 0.29) is 12.8 Å². The molecule has 0 bridgehead atoms. The summed E-state index contributed by atoms with van der Waals surface area (Å²) in [5.74, 6) is 0.0491. The predicted molar refractivity (Wildman–Crippen MR) is 166 cm³/mol. The summed E-state index contributed by atoms with van der Waals surface area (Å²) in [5, 5.41) is 29.0. The van der Waals surface area contributed by atoms with E-state index in [1.807, 2.05) is 87.5 Å². The molecule has 3 rings (SSSR count). The van der Waals surface area contributed by atoms with E-state index in [2.05, 4.69) is 20.9 Å². The van der Waals surface area contributed by atoms with Gasteiger partial charge in [0, 0.05) is 17.7 Å². The topological polar surface area (TPSA) is 159 Å². The lowest BCUT2D eigenvalue weighted by Gasteiger charge is -2.33. The molecule has 0 saturated carbocycles. The lowest BCUT2D eigenvalue weighted by molar-refractivity contribution is -0.126.